The fourth-order valence-electron chi connectivity index (χ4n) is 2.67. The highest BCUT2D eigenvalue weighted by Crippen LogP contribution is 2.34. The number of rotatable bonds is 2. The Balaban J connectivity index is 1.83. The molecule has 0 bridgehead atoms. The number of urea groups is 1. The van der Waals surface area contributed by atoms with Gasteiger partial charge in [0.05, 0.1) is 27.4 Å². The first-order valence-corrected chi connectivity index (χ1v) is 10.5. The van der Waals surface area contributed by atoms with Crippen molar-refractivity contribution in [3.8, 4) is 0 Å². The van der Waals surface area contributed by atoms with Crippen LogP contribution in [-0.2, 0) is 9.84 Å². The van der Waals surface area contributed by atoms with E-state index < -0.39 is 21.9 Å². The van der Waals surface area contributed by atoms with Gasteiger partial charge in [0.25, 0.3) is 0 Å². The summed E-state index contributed by atoms with van der Waals surface area (Å²) >= 11 is 15.3. The van der Waals surface area contributed by atoms with Crippen molar-refractivity contribution in [1.82, 2.24) is 5.32 Å². The van der Waals surface area contributed by atoms with Crippen molar-refractivity contribution in [2.45, 2.75) is 17.4 Å². The van der Waals surface area contributed by atoms with Gasteiger partial charge in [-0.1, -0.05) is 39.1 Å². The lowest BCUT2D eigenvalue weighted by Crippen LogP contribution is -2.36. The minimum absolute atomic E-state index is 0.0233. The number of carbonyl (C=O) groups is 1. The van der Waals surface area contributed by atoms with Crippen LogP contribution in [0, 0.1) is 0 Å². The second-order valence-electron chi connectivity index (χ2n) is 5.56. The molecule has 2 aromatic rings. The first-order valence-electron chi connectivity index (χ1n) is 7.31. The van der Waals surface area contributed by atoms with Gasteiger partial charge in [-0.3, -0.25) is 0 Å². The Bertz CT molecular complexity index is 950. The Kier molecular flexibility index (Phi) is 5.29. The van der Waals surface area contributed by atoms with Crippen LogP contribution in [0.1, 0.15) is 18.0 Å². The SMILES string of the molecule is O=C(Nc1cc(Cl)ccc1Cl)NC1CCS(=O)(=O)c2ccc(Br)cc21. The Morgan fingerprint density at radius 2 is 1.92 bits per heavy atom. The van der Waals surface area contributed by atoms with E-state index in [1.807, 2.05) is 0 Å². The molecule has 0 spiro atoms. The van der Waals surface area contributed by atoms with E-state index in [4.69, 9.17) is 23.2 Å². The quantitative estimate of drug-likeness (QED) is 0.671. The van der Waals surface area contributed by atoms with Crippen LogP contribution in [0.5, 0.6) is 0 Å². The molecular formula is C16H13BrCl2N2O3S. The summed E-state index contributed by atoms with van der Waals surface area (Å²) in [5.74, 6) is -0.0233. The summed E-state index contributed by atoms with van der Waals surface area (Å²) in [6.07, 6.45) is 0.294. The van der Waals surface area contributed by atoms with Crippen LogP contribution in [0.15, 0.2) is 45.8 Å². The van der Waals surface area contributed by atoms with E-state index in [0.29, 0.717) is 27.7 Å². The summed E-state index contributed by atoms with van der Waals surface area (Å²) in [6, 6.07) is 8.77. The zero-order valence-electron chi connectivity index (χ0n) is 12.7. The third-order valence-corrected chi connectivity index (χ3v) is 6.71. The van der Waals surface area contributed by atoms with Gasteiger partial charge in [-0.15, -0.1) is 0 Å². The molecule has 9 heteroatoms. The van der Waals surface area contributed by atoms with Gasteiger partial charge < -0.3 is 10.6 Å². The van der Waals surface area contributed by atoms with Crippen molar-refractivity contribution in [3.63, 3.8) is 0 Å². The van der Waals surface area contributed by atoms with Crippen LogP contribution < -0.4 is 10.6 Å². The molecule has 2 aromatic carbocycles. The van der Waals surface area contributed by atoms with Gasteiger partial charge in [-0.25, -0.2) is 13.2 Å². The van der Waals surface area contributed by atoms with Gasteiger partial charge in [0.15, 0.2) is 9.84 Å². The molecule has 3 rings (SSSR count). The van der Waals surface area contributed by atoms with Crippen LogP contribution >= 0.6 is 39.1 Å². The van der Waals surface area contributed by atoms with Crippen LogP contribution in [-0.4, -0.2) is 20.2 Å². The maximum atomic E-state index is 12.3. The number of nitrogens with one attached hydrogen (secondary N) is 2. The minimum Gasteiger partial charge on any atom is -0.331 e. The Hall–Kier alpha value is -1.28. The molecule has 0 aromatic heterocycles. The van der Waals surface area contributed by atoms with E-state index >= 15 is 0 Å². The molecule has 0 saturated heterocycles. The number of hydrogen-bond donors (Lipinski definition) is 2. The molecule has 1 heterocycles. The summed E-state index contributed by atoms with van der Waals surface area (Å²) in [7, 11) is -3.33. The number of benzene rings is 2. The average molecular weight is 464 g/mol. The third-order valence-electron chi connectivity index (χ3n) is 3.84. The molecule has 2 N–H and O–H groups in total. The van der Waals surface area contributed by atoms with E-state index in [2.05, 4.69) is 26.6 Å². The highest BCUT2D eigenvalue weighted by atomic mass is 79.9. The molecule has 1 aliphatic heterocycles. The predicted octanol–water partition coefficient (Wildman–Crippen LogP) is 4.80. The molecule has 0 radical (unpaired) electrons. The minimum atomic E-state index is -3.33. The van der Waals surface area contributed by atoms with Crippen LogP contribution in [0.2, 0.25) is 10.0 Å². The van der Waals surface area contributed by atoms with E-state index in [1.54, 1.807) is 36.4 Å². The van der Waals surface area contributed by atoms with Crippen molar-refractivity contribution in [2.75, 3.05) is 11.1 Å². The Morgan fingerprint density at radius 1 is 1.16 bits per heavy atom. The lowest BCUT2D eigenvalue weighted by Gasteiger charge is -2.26. The monoisotopic (exact) mass is 462 g/mol. The Labute approximate surface area is 163 Å². The highest BCUT2D eigenvalue weighted by Gasteiger charge is 2.31. The fourth-order valence-corrected chi connectivity index (χ4v) is 4.99. The standard InChI is InChI=1S/C16H13BrCl2N2O3S/c17-9-1-4-15-11(7-9)13(5-6-25(15,23)24)20-16(22)21-14-8-10(18)2-3-12(14)19/h1-4,7-8,13H,5-6H2,(H2,20,21,22). The number of anilines is 1. The number of amides is 2. The maximum absolute atomic E-state index is 12.3. The summed E-state index contributed by atoms with van der Waals surface area (Å²) in [5, 5.41) is 6.23. The molecule has 0 fully saturated rings. The average Bonchev–Trinajstić information content (AvgIpc) is 2.53. The third kappa shape index (κ3) is 4.11. The lowest BCUT2D eigenvalue weighted by atomic mass is 10.0. The predicted molar refractivity (Wildman–Crippen MR) is 102 cm³/mol. The second-order valence-corrected chi connectivity index (χ2v) is 9.40. The molecule has 1 unspecified atom stereocenters. The highest BCUT2D eigenvalue weighted by molar-refractivity contribution is 9.10. The molecule has 0 saturated carbocycles. The smallest absolute Gasteiger partial charge is 0.319 e. The van der Waals surface area contributed by atoms with E-state index in [-0.39, 0.29) is 10.6 Å². The number of halogens is 3. The van der Waals surface area contributed by atoms with Gasteiger partial charge in [0, 0.05) is 9.50 Å². The number of sulfone groups is 1. The zero-order chi connectivity index (χ0) is 18.2. The normalized spacial score (nSPS) is 18.3. The van der Waals surface area contributed by atoms with Gasteiger partial charge in [0.1, 0.15) is 0 Å². The summed E-state index contributed by atoms with van der Waals surface area (Å²) in [5.41, 5.74) is 0.942. The molecular weight excluding hydrogens is 451 g/mol. The number of fused-ring (bicyclic) bond motifs is 1. The molecule has 25 heavy (non-hydrogen) atoms. The fraction of sp³-hybridized carbons (Fsp3) is 0.188. The molecule has 1 aliphatic rings. The number of carbonyl (C=O) groups excluding carboxylic acids is 1. The van der Waals surface area contributed by atoms with Crippen LogP contribution in [0.25, 0.3) is 0 Å². The van der Waals surface area contributed by atoms with Gasteiger partial charge in [-0.05, 0) is 48.4 Å². The molecule has 0 aliphatic carbocycles. The molecule has 1 atom stereocenters. The van der Waals surface area contributed by atoms with E-state index in [0.717, 1.165) is 4.47 Å². The zero-order valence-corrected chi connectivity index (χ0v) is 16.6. The van der Waals surface area contributed by atoms with Crippen molar-refractivity contribution in [1.29, 1.82) is 0 Å². The van der Waals surface area contributed by atoms with Crippen molar-refractivity contribution in [3.05, 3.63) is 56.5 Å². The van der Waals surface area contributed by atoms with Crippen LogP contribution in [0.3, 0.4) is 0 Å². The van der Waals surface area contributed by atoms with E-state index in [1.165, 1.54) is 0 Å². The topological polar surface area (TPSA) is 75.3 Å². The van der Waals surface area contributed by atoms with Gasteiger partial charge in [-0.2, -0.15) is 0 Å². The maximum Gasteiger partial charge on any atom is 0.319 e. The van der Waals surface area contributed by atoms with Crippen molar-refractivity contribution >= 4 is 60.7 Å². The van der Waals surface area contributed by atoms with E-state index in [9.17, 15) is 13.2 Å². The van der Waals surface area contributed by atoms with Gasteiger partial charge >= 0.3 is 6.03 Å². The largest absolute Gasteiger partial charge is 0.331 e. The Morgan fingerprint density at radius 3 is 2.68 bits per heavy atom. The van der Waals surface area contributed by atoms with Crippen molar-refractivity contribution < 1.29 is 13.2 Å². The van der Waals surface area contributed by atoms with Gasteiger partial charge in [0.2, 0.25) is 0 Å². The van der Waals surface area contributed by atoms with Crippen molar-refractivity contribution in [2.24, 2.45) is 0 Å². The number of hydrogen-bond acceptors (Lipinski definition) is 3. The molecule has 5 nitrogen and oxygen atoms in total. The van der Waals surface area contributed by atoms with Crippen LogP contribution in [0.4, 0.5) is 10.5 Å². The first-order chi connectivity index (χ1) is 11.8. The molecule has 132 valence electrons. The second kappa shape index (κ2) is 7.15. The first kappa shape index (κ1) is 18.5. The summed E-state index contributed by atoms with van der Waals surface area (Å²) in [6.45, 7) is 0. The molecule has 2 amide bonds. The lowest BCUT2D eigenvalue weighted by molar-refractivity contribution is 0.248. The summed E-state index contributed by atoms with van der Waals surface area (Å²) in [4.78, 5) is 12.6. The summed E-state index contributed by atoms with van der Waals surface area (Å²) < 4.78 is 25.2.